The van der Waals surface area contributed by atoms with Crippen molar-refractivity contribution in [2.45, 2.75) is 31.7 Å². The van der Waals surface area contributed by atoms with Gasteiger partial charge in [0.2, 0.25) is 5.91 Å². The molecular formula is C12H17N3O2. The van der Waals surface area contributed by atoms with E-state index < -0.39 is 0 Å². The molecule has 1 N–H and O–H groups in total. The smallest absolute Gasteiger partial charge is 0.227 e. The molecule has 5 nitrogen and oxygen atoms in total. The van der Waals surface area contributed by atoms with Crippen LogP contribution in [0, 0.1) is 5.92 Å². The monoisotopic (exact) mass is 235 g/mol. The quantitative estimate of drug-likeness (QED) is 0.865. The van der Waals surface area contributed by atoms with Crippen LogP contribution >= 0.6 is 0 Å². The Balaban J connectivity index is 1.62. The summed E-state index contributed by atoms with van der Waals surface area (Å²) >= 11 is 0. The number of ether oxygens (including phenoxy) is 1. The highest BCUT2D eigenvalue weighted by Crippen LogP contribution is 2.30. The van der Waals surface area contributed by atoms with Gasteiger partial charge in [-0.1, -0.05) is 0 Å². The predicted molar refractivity (Wildman–Crippen MR) is 62.7 cm³/mol. The van der Waals surface area contributed by atoms with E-state index >= 15 is 0 Å². The first-order valence-corrected chi connectivity index (χ1v) is 6.26. The van der Waals surface area contributed by atoms with Gasteiger partial charge >= 0.3 is 0 Å². The van der Waals surface area contributed by atoms with Crippen LogP contribution in [-0.2, 0) is 9.53 Å². The molecule has 1 amide bonds. The Hall–Kier alpha value is -1.36. The average Bonchev–Trinajstić information content (AvgIpc) is 3.12. The van der Waals surface area contributed by atoms with Crippen molar-refractivity contribution in [3.8, 4) is 0 Å². The third kappa shape index (κ3) is 2.49. The van der Waals surface area contributed by atoms with Crippen molar-refractivity contribution >= 4 is 11.6 Å². The Morgan fingerprint density at radius 2 is 2.12 bits per heavy atom. The summed E-state index contributed by atoms with van der Waals surface area (Å²) in [6.45, 7) is 1.60. The first kappa shape index (κ1) is 10.8. The summed E-state index contributed by atoms with van der Waals surface area (Å²) in [6, 6.07) is 0.412. The molecule has 0 bridgehead atoms. The maximum atomic E-state index is 11.6. The molecule has 2 fully saturated rings. The van der Waals surface area contributed by atoms with Gasteiger partial charge in [-0.15, -0.1) is 0 Å². The van der Waals surface area contributed by atoms with Crippen LogP contribution in [-0.4, -0.2) is 28.9 Å². The molecule has 0 aromatic carbocycles. The number of nitrogens with one attached hydrogen (secondary N) is 1. The van der Waals surface area contributed by atoms with Gasteiger partial charge in [0.05, 0.1) is 17.9 Å². The van der Waals surface area contributed by atoms with Crippen LogP contribution in [0.15, 0.2) is 12.4 Å². The summed E-state index contributed by atoms with van der Waals surface area (Å²) in [6.07, 6.45) is 7.71. The van der Waals surface area contributed by atoms with Crippen molar-refractivity contribution in [2.24, 2.45) is 5.92 Å². The van der Waals surface area contributed by atoms with Crippen LogP contribution in [0.4, 0.5) is 5.69 Å². The van der Waals surface area contributed by atoms with Crippen LogP contribution in [0.25, 0.3) is 0 Å². The van der Waals surface area contributed by atoms with Crippen LogP contribution in [0.3, 0.4) is 0 Å². The van der Waals surface area contributed by atoms with Gasteiger partial charge in [-0.3, -0.25) is 9.48 Å². The van der Waals surface area contributed by atoms with Crippen molar-refractivity contribution in [3.63, 3.8) is 0 Å². The van der Waals surface area contributed by atoms with Gasteiger partial charge < -0.3 is 10.1 Å². The first-order valence-electron chi connectivity index (χ1n) is 6.26. The summed E-state index contributed by atoms with van der Waals surface area (Å²) in [5.74, 6) is 0.373. The topological polar surface area (TPSA) is 56.2 Å². The van der Waals surface area contributed by atoms with Gasteiger partial charge in [0.15, 0.2) is 0 Å². The number of anilines is 1. The molecule has 1 saturated carbocycles. The maximum Gasteiger partial charge on any atom is 0.227 e. The van der Waals surface area contributed by atoms with Gasteiger partial charge in [-0.25, -0.2) is 0 Å². The van der Waals surface area contributed by atoms with E-state index in [1.54, 1.807) is 6.20 Å². The van der Waals surface area contributed by atoms with Crippen molar-refractivity contribution in [2.75, 3.05) is 18.5 Å². The SMILES string of the molecule is O=C(Nc1cnn(C2CCOCC2)c1)C1CC1. The molecule has 1 saturated heterocycles. The number of carbonyl (C=O) groups excluding carboxylic acids is 1. The summed E-state index contributed by atoms with van der Waals surface area (Å²) in [5.41, 5.74) is 0.813. The summed E-state index contributed by atoms with van der Waals surface area (Å²) < 4.78 is 7.27. The van der Waals surface area contributed by atoms with Crippen molar-refractivity contribution in [1.82, 2.24) is 9.78 Å². The van der Waals surface area contributed by atoms with Crippen molar-refractivity contribution in [1.29, 1.82) is 0 Å². The lowest BCUT2D eigenvalue weighted by Crippen LogP contribution is -2.19. The average molecular weight is 235 g/mol. The van der Waals surface area contributed by atoms with Gasteiger partial charge in [0.25, 0.3) is 0 Å². The normalized spacial score (nSPS) is 21.4. The Kier molecular flexibility index (Phi) is 2.84. The van der Waals surface area contributed by atoms with Crippen LogP contribution in [0.2, 0.25) is 0 Å². The number of aromatic nitrogens is 2. The minimum absolute atomic E-state index is 0.136. The fraction of sp³-hybridized carbons (Fsp3) is 0.667. The fourth-order valence-corrected chi connectivity index (χ4v) is 2.14. The first-order chi connectivity index (χ1) is 8.33. The lowest BCUT2D eigenvalue weighted by molar-refractivity contribution is -0.117. The molecule has 17 heavy (non-hydrogen) atoms. The van der Waals surface area contributed by atoms with Crippen molar-refractivity contribution in [3.05, 3.63) is 12.4 Å². The molecule has 0 unspecified atom stereocenters. The van der Waals surface area contributed by atoms with E-state index in [1.165, 1.54) is 0 Å². The second-order valence-corrected chi connectivity index (χ2v) is 4.82. The summed E-state index contributed by atoms with van der Waals surface area (Å²) in [7, 11) is 0. The number of hydrogen-bond acceptors (Lipinski definition) is 3. The molecular weight excluding hydrogens is 218 g/mol. The third-order valence-electron chi connectivity index (χ3n) is 3.38. The molecule has 1 aromatic rings. The summed E-state index contributed by atoms with van der Waals surface area (Å²) in [5, 5.41) is 7.23. The maximum absolute atomic E-state index is 11.6. The fourth-order valence-electron chi connectivity index (χ4n) is 2.14. The van der Waals surface area contributed by atoms with Crippen LogP contribution < -0.4 is 5.32 Å². The standard InChI is InChI=1S/C12H17N3O2/c16-12(9-1-2-9)14-10-7-13-15(8-10)11-3-5-17-6-4-11/h7-9,11H,1-6H2,(H,14,16). The number of rotatable bonds is 3. The molecule has 3 rings (SSSR count). The van der Waals surface area contributed by atoms with Gasteiger partial charge in [-0.05, 0) is 25.7 Å². The highest BCUT2D eigenvalue weighted by atomic mass is 16.5. The molecule has 1 aromatic heterocycles. The molecule has 0 atom stereocenters. The largest absolute Gasteiger partial charge is 0.381 e. The number of hydrogen-bond donors (Lipinski definition) is 1. The Morgan fingerprint density at radius 3 is 2.82 bits per heavy atom. The zero-order valence-corrected chi connectivity index (χ0v) is 9.76. The van der Waals surface area contributed by atoms with E-state index in [0.29, 0.717) is 6.04 Å². The molecule has 1 aliphatic heterocycles. The van der Waals surface area contributed by atoms with E-state index in [2.05, 4.69) is 10.4 Å². The Morgan fingerprint density at radius 1 is 1.35 bits per heavy atom. The number of amides is 1. The van der Waals surface area contributed by atoms with Gasteiger partial charge in [0, 0.05) is 25.3 Å². The Bertz CT molecular complexity index is 406. The van der Waals surface area contributed by atoms with E-state index in [1.807, 2.05) is 10.9 Å². The zero-order chi connectivity index (χ0) is 11.7. The predicted octanol–water partition coefficient (Wildman–Crippen LogP) is 1.58. The zero-order valence-electron chi connectivity index (χ0n) is 9.76. The van der Waals surface area contributed by atoms with Crippen LogP contribution in [0.1, 0.15) is 31.7 Å². The van der Waals surface area contributed by atoms with E-state index in [-0.39, 0.29) is 11.8 Å². The molecule has 2 heterocycles. The summed E-state index contributed by atoms with van der Waals surface area (Å²) in [4.78, 5) is 11.6. The highest BCUT2D eigenvalue weighted by molar-refractivity contribution is 5.93. The van der Waals surface area contributed by atoms with Crippen LogP contribution in [0.5, 0.6) is 0 Å². The number of nitrogens with zero attached hydrogens (tertiary/aromatic N) is 2. The molecule has 5 heteroatoms. The van der Waals surface area contributed by atoms with E-state index in [0.717, 1.165) is 44.6 Å². The van der Waals surface area contributed by atoms with Gasteiger partial charge in [0.1, 0.15) is 0 Å². The molecule has 1 aliphatic carbocycles. The molecule has 0 radical (unpaired) electrons. The second-order valence-electron chi connectivity index (χ2n) is 4.82. The second kappa shape index (κ2) is 4.49. The van der Waals surface area contributed by atoms with E-state index in [4.69, 9.17) is 4.74 Å². The molecule has 0 spiro atoms. The van der Waals surface area contributed by atoms with Gasteiger partial charge in [-0.2, -0.15) is 5.10 Å². The minimum atomic E-state index is 0.136. The Labute approximate surface area is 100 Å². The third-order valence-corrected chi connectivity index (χ3v) is 3.38. The molecule has 2 aliphatic rings. The number of carbonyl (C=O) groups is 1. The minimum Gasteiger partial charge on any atom is -0.381 e. The lowest BCUT2D eigenvalue weighted by atomic mass is 10.1. The van der Waals surface area contributed by atoms with E-state index in [9.17, 15) is 4.79 Å². The van der Waals surface area contributed by atoms with Crippen molar-refractivity contribution < 1.29 is 9.53 Å². The lowest BCUT2D eigenvalue weighted by Gasteiger charge is -2.22. The molecule has 92 valence electrons. The highest BCUT2D eigenvalue weighted by Gasteiger charge is 2.29.